The lowest BCUT2D eigenvalue weighted by molar-refractivity contribution is 0.0669. The highest BCUT2D eigenvalue weighted by molar-refractivity contribution is 5.57. The van der Waals surface area contributed by atoms with Crippen LogP contribution < -0.4 is 0 Å². The molecule has 2 aromatic rings. The minimum absolute atomic E-state index is 0.166. The van der Waals surface area contributed by atoms with Gasteiger partial charge in [0.25, 0.3) is 0 Å². The molecule has 1 saturated carbocycles. The summed E-state index contributed by atoms with van der Waals surface area (Å²) in [6, 6.07) is 0. The second-order valence-electron chi connectivity index (χ2n) is 7.68. The summed E-state index contributed by atoms with van der Waals surface area (Å²) in [4.78, 5) is 15.6. The number of fused-ring (bicyclic) bond motifs is 1. The zero-order valence-corrected chi connectivity index (χ0v) is 13.9. The molecule has 0 radical (unpaired) electrons. The van der Waals surface area contributed by atoms with Gasteiger partial charge in [0, 0.05) is 56.0 Å². The molecule has 1 aliphatic carbocycles. The van der Waals surface area contributed by atoms with Gasteiger partial charge < -0.3 is 14.2 Å². The summed E-state index contributed by atoms with van der Waals surface area (Å²) in [6.07, 6.45) is 11.1. The van der Waals surface area contributed by atoms with E-state index in [1.807, 2.05) is 18.6 Å². The lowest BCUT2D eigenvalue weighted by atomic mass is 9.86. The summed E-state index contributed by atoms with van der Waals surface area (Å²) in [5, 5.41) is 0. The zero-order chi connectivity index (χ0) is 16.0. The molecule has 126 valence electrons. The Morgan fingerprint density at radius 3 is 2.88 bits per heavy atom. The summed E-state index contributed by atoms with van der Waals surface area (Å²) < 4.78 is 8.35. The third-order valence-electron chi connectivity index (χ3n) is 5.55. The molecular formula is C18H23N5O. The lowest BCUT2D eigenvalue weighted by Crippen LogP contribution is -2.40. The van der Waals surface area contributed by atoms with Crippen LogP contribution in [0.5, 0.6) is 0 Å². The van der Waals surface area contributed by atoms with Crippen molar-refractivity contribution in [3.8, 4) is 11.3 Å². The van der Waals surface area contributed by atoms with E-state index >= 15 is 0 Å². The van der Waals surface area contributed by atoms with Crippen LogP contribution in [0.25, 0.3) is 11.3 Å². The Kier molecular flexibility index (Phi) is 3.41. The molecule has 6 heteroatoms. The number of hydrogen-bond donors (Lipinski definition) is 0. The number of imidazole rings is 1. The van der Waals surface area contributed by atoms with Crippen LogP contribution in [0.2, 0.25) is 0 Å². The van der Waals surface area contributed by atoms with Gasteiger partial charge in [0.1, 0.15) is 12.2 Å². The Morgan fingerprint density at radius 1 is 1.17 bits per heavy atom. The van der Waals surface area contributed by atoms with Crippen molar-refractivity contribution in [2.45, 2.75) is 25.8 Å². The first kappa shape index (κ1) is 14.5. The summed E-state index contributed by atoms with van der Waals surface area (Å²) in [5.74, 6) is 2.10. The van der Waals surface area contributed by atoms with Crippen LogP contribution in [0.15, 0.2) is 24.9 Å². The van der Waals surface area contributed by atoms with Gasteiger partial charge in [-0.3, -0.25) is 0 Å². The van der Waals surface area contributed by atoms with Crippen molar-refractivity contribution in [2.24, 2.45) is 11.3 Å². The molecule has 1 saturated heterocycles. The molecule has 2 fully saturated rings. The van der Waals surface area contributed by atoms with E-state index < -0.39 is 0 Å². The molecule has 5 rings (SSSR count). The van der Waals surface area contributed by atoms with E-state index in [2.05, 4.69) is 24.4 Å². The average molecular weight is 325 g/mol. The molecule has 4 heterocycles. The van der Waals surface area contributed by atoms with Crippen molar-refractivity contribution < 1.29 is 4.74 Å². The number of hydrogen-bond acceptors (Lipinski definition) is 5. The first-order valence-corrected chi connectivity index (χ1v) is 8.91. The van der Waals surface area contributed by atoms with Gasteiger partial charge in [-0.1, -0.05) is 0 Å². The minimum Gasteiger partial charge on any atom is -0.379 e. The number of nitrogens with zero attached hydrogens (tertiary/aromatic N) is 5. The Labute approximate surface area is 141 Å². The molecule has 3 aliphatic rings. The predicted octanol–water partition coefficient (Wildman–Crippen LogP) is 1.62. The van der Waals surface area contributed by atoms with Crippen molar-refractivity contribution in [3.05, 3.63) is 30.7 Å². The zero-order valence-electron chi connectivity index (χ0n) is 13.9. The van der Waals surface area contributed by atoms with Gasteiger partial charge in [0.2, 0.25) is 0 Å². The van der Waals surface area contributed by atoms with Gasteiger partial charge in [-0.05, 0) is 18.8 Å². The van der Waals surface area contributed by atoms with Crippen LogP contribution in [-0.2, 0) is 17.7 Å². The van der Waals surface area contributed by atoms with Crippen LogP contribution in [0.1, 0.15) is 18.7 Å². The fourth-order valence-electron chi connectivity index (χ4n) is 4.23. The van der Waals surface area contributed by atoms with Crippen molar-refractivity contribution in [3.63, 3.8) is 0 Å². The summed E-state index contributed by atoms with van der Waals surface area (Å²) in [7, 11) is 0. The van der Waals surface area contributed by atoms with E-state index in [0.717, 1.165) is 56.4 Å². The quantitative estimate of drug-likeness (QED) is 0.858. The highest BCUT2D eigenvalue weighted by atomic mass is 16.5. The van der Waals surface area contributed by atoms with Crippen LogP contribution in [-0.4, -0.2) is 57.3 Å². The average Bonchev–Trinajstić information content (AvgIpc) is 3.27. The Morgan fingerprint density at radius 2 is 2.04 bits per heavy atom. The van der Waals surface area contributed by atoms with Crippen molar-refractivity contribution in [2.75, 3.05) is 32.8 Å². The topological polar surface area (TPSA) is 56.1 Å². The Hall–Kier alpha value is -1.79. The first-order valence-electron chi connectivity index (χ1n) is 8.91. The second kappa shape index (κ2) is 5.63. The molecular weight excluding hydrogens is 302 g/mol. The molecule has 1 spiro atoms. The van der Waals surface area contributed by atoms with Crippen molar-refractivity contribution in [1.29, 1.82) is 0 Å². The highest BCUT2D eigenvalue weighted by Crippen LogP contribution is 2.39. The smallest absolute Gasteiger partial charge is 0.115 e. The molecule has 0 bridgehead atoms. The largest absolute Gasteiger partial charge is 0.379 e. The first-order chi connectivity index (χ1) is 11.8. The van der Waals surface area contributed by atoms with E-state index in [1.165, 1.54) is 25.2 Å². The molecule has 0 aromatic carbocycles. The molecule has 1 unspecified atom stereocenters. The van der Waals surface area contributed by atoms with Crippen molar-refractivity contribution >= 4 is 0 Å². The molecule has 0 amide bonds. The van der Waals surface area contributed by atoms with Crippen molar-refractivity contribution in [1.82, 2.24) is 24.4 Å². The van der Waals surface area contributed by atoms with Gasteiger partial charge in [-0.25, -0.2) is 15.0 Å². The highest BCUT2D eigenvalue weighted by Gasteiger charge is 2.43. The van der Waals surface area contributed by atoms with E-state index in [9.17, 15) is 0 Å². The van der Waals surface area contributed by atoms with Crippen LogP contribution >= 0.6 is 0 Å². The minimum atomic E-state index is 0.166. The molecule has 6 nitrogen and oxygen atoms in total. The molecule has 2 aromatic heterocycles. The SMILES string of the molecule is c1ncc(-c2cnc3n2CC2(COCCN(CC4CC4)C2)C3)cn1. The molecule has 1 atom stereocenters. The summed E-state index contributed by atoms with van der Waals surface area (Å²) >= 11 is 0. The fraction of sp³-hybridized carbons (Fsp3) is 0.611. The van der Waals surface area contributed by atoms with Gasteiger partial charge in [0.05, 0.1) is 25.1 Å². The molecule has 0 N–H and O–H groups in total. The van der Waals surface area contributed by atoms with Gasteiger partial charge >= 0.3 is 0 Å². The summed E-state index contributed by atoms with van der Waals surface area (Å²) in [6.45, 7) is 6.11. The van der Waals surface area contributed by atoms with E-state index in [-0.39, 0.29) is 5.41 Å². The Balaban J connectivity index is 1.41. The maximum absolute atomic E-state index is 6.00. The number of rotatable bonds is 3. The maximum atomic E-state index is 6.00. The van der Waals surface area contributed by atoms with Crippen LogP contribution in [0, 0.1) is 11.3 Å². The predicted molar refractivity (Wildman–Crippen MR) is 89.4 cm³/mol. The standard InChI is InChI=1S/C18H23N5O/c1-2-14(1)9-22-3-4-24-12-18(10-22)5-17-21-8-16(23(17)11-18)15-6-19-13-20-7-15/h6-8,13-14H,1-5,9-12H2. The van der Waals surface area contributed by atoms with E-state index in [0.29, 0.717) is 0 Å². The van der Waals surface area contributed by atoms with E-state index in [4.69, 9.17) is 4.74 Å². The fourth-order valence-corrected chi connectivity index (χ4v) is 4.23. The van der Waals surface area contributed by atoms with Gasteiger partial charge in [0.15, 0.2) is 0 Å². The number of aromatic nitrogens is 4. The molecule has 2 aliphatic heterocycles. The molecule has 24 heavy (non-hydrogen) atoms. The summed E-state index contributed by atoms with van der Waals surface area (Å²) in [5.41, 5.74) is 2.33. The van der Waals surface area contributed by atoms with Crippen LogP contribution in [0.3, 0.4) is 0 Å². The van der Waals surface area contributed by atoms with E-state index in [1.54, 1.807) is 6.33 Å². The van der Waals surface area contributed by atoms with Gasteiger partial charge in [-0.2, -0.15) is 0 Å². The second-order valence-corrected chi connectivity index (χ2v) is 7.68. The number of ether oxygens (including phenoxy) is 1. The lowest BCUT2D eigenvalue weighted by Gasteiger charge is -2.31. The maximum Gasteiger partial charge on any atom is 0.115 e. The Bertz CT molecular complexity index is 726. The third kappa shape index (κ3) is 2.63. The monoisotopic (exact) mass is 325 g/mol. The van der Waals surface area contributed by atoms with Gasteiger partial charge in [-0.15, -0.1) is 0 Å². The third-order valence-corrected chi connectivity index (χ3v) is 5.55. The van der Waals surface area contributed by atoms with Crippen LogP contribution in [0.4, 0.5) is 0 Å². The normalized spacial score (nSPS) is 27.3.